The number of quaternary nitrogens is 1. The van der Waals surface area contributed by atoms with E-state index in [1.165, 1.54) is 77.0 Å². The topological polar surface area (TPSA) is 124 Å². The summed E-state index contributed by atoms with van der Waals surface area (Å²) in [6.07, 6.45) is 37.7. The summed E-state index contributed by atoms with van der Waals surface area (Å²) >= 11 is 0. The molecule has 0 amide bonds. The van der Waals surface area contributed by atoms with Crippen molar-refractivity contribution in [3.05, 3.63) is 36.5 Å². The molecule has 3 unspecified atom stereocenters. The van der Waals surface area contributed by atoms with Gasteiger partial charge in [-0.1, -0.05) is 140 Å². The Morgan fingerprint density at radius 3 is 1.78 bits per heavy atom. The maximum atomic E-state index is 12.7. The number of hydrogen-bond acceptors (Lipinski definition) is 9. The molecule has 0 aliphatic carbocycles. The van der Waals surface area contributed by atoms with E-state index in [0.29, 0.717) is 23.9 Å². The predicted octanol–water partition coefficient (Wildman–Crippen LogP) is 10.5. The van der Waals surface area contributed by atoms with Crippen LogP contribution in [0.1, 0.15) is 168 Å². The lowest BCUT2D eigenvalue weighted by atomic mass is 10.0. The number of carbonyl (C=O) groups excluding carboxylic acids is 2. The zero-order valence-corrected chi connectivity index (χ0v) is 36.5. The van der Waals surface area contributed by atoms with Gasteiger partial charge in [-0.3, -0.25) is 14.2 Å². The predicted molar refractivity (Wildman–Crippen MR) is 221 cm³/mol. The molecule has 0 aromatic carbocycles. The van der Waals surface area contributed by atoms with Crippen LogP contribution in [0.25, 0.3) is 0 Å². The van der Waals surface area contributed by atoms with E-state index >= 15 is 0 Å². The number of unbranched alkanes of at least 4 members (excludes halogenated alkanes) is 16. The minimum atomic E-state index is -4.64. The molecule has 0 spiro atoms. The lowest BCUT2D eigenvalue weighted by Crippen LogP contribution is -2.37. The number of allylic oxidation sites excluding steroid dienone is 4. The Morgan fingerprint density at radius 1 is 0.655 bits per heavy atom. The van der Waals surface area contributed by atoms with Crippen molar-refractivity contribution in [2.75, 3.05) is 47.5 Å². The lowest BCUT2D eigenvalue weighted by molar-refractivity contribution is -0.870. The van der Waals surface area contributed by atoms with Crippen molar-refractivity contribution in [2.24, 2.45) is 0 Å². The standard InChI is InChI=1S/C44H80NO9P/c1-6-8-10-12-14-16-17-18-19-21-23-25-31-35-44(47)53-40(39-52-55(48,49)51-37-36-45(3,4)5)38-50-43(46)34-30-27-26-29-33-42-41(54-42)32-28-24-22-20-15-13-11-9-7-2/h15,20,24,26,28-29,40-42H,6-14,16-19,21-23,25,27,30-39H2,1-5H3/b20-15-,28-24-,29-26-/t40-,41?,42?/m1/s1. The molecule has 1 fully saturated rings. The van der Waals surface area contributed by atoms with Crippen LogP contribution < -0.4 is 4.89 Å². The first kappa shape index (κ1) is 51.2. The SMILES string of the molecule is CCCCC/C=C\C/C=C\CC1OC1C/C=C\CCCC(=O)OC[C@H](COP(=O)([O-])OCC[N+](C)(C)C)OC(=O)CCCCCCCCCCCCCCC. The lowest BCUT2D eigenvalue weighted by Gasteiger charge is -2.28. The fourth-order valence-corrected chi connectivity index (χ4v) is 6.71. The van der Waals surface area contributed by atoms with Crippen molar-refractivity contribution in [2.45, 2.75) is 186 Å². The third-order valence-corrected chi connectivity index (χ3v) is 10.5. The van der Waals surface area contributed by atoms with Crippen LogP contribution in [-0.2, 0) is 37.4 Å². The van der Waals surface area contributed by atoms with Crippen LogP contribution >= 0.6 is 7.82 Å². The van der Waals surface area contributed by atoms with Gasteiger partial charge in [-0.15, -0.1) is 0 Å². The third kappa shape index (κ3) is 34.0. The van der Waals surface area contributed by atoms with Crippen LogP contribution in [0.5, 0.6) is 0 Å². The fraction of sp³-hybridized carbons (Fsp3) is 0.818. The van der Waals surface area contributed by atoms with Gasteiger partial charge in [0.2, 0.25) is 0 Å². The molecule has 0 N–H and O–H groups in total. The van der Waals surface area contributed by atoms with E-state index in [9.17, 15) is 19.0 Å². The molecule has 1 aliphatic heterocycles. The highest BCUT2D eigenvalue weighted by molar-refractivity contribution is 7.45. The maximum Gasteiger partial charge on any atom is 0.306 e. The second-order valence-corrected chi connectivity index (χ2v) is 17.5. The Morgan fingerprint density at radius 2 is 1.16 bits per heavy atom. The van der Waals surface area contributed by atoms with Gasteiger partial charge in [0.05, 0.1) is 40.0 Å². The van der Waals surface area contributed by atoms with Gasteiger partial charge in [0.25, 0.3) is 7.82 Å². The largest absolute Gasteiger partial charge is 0.756 e. The minimum Gasteiger partial charge on any atom is -0.756 e. The van der Waals surface area contributed by atoms with E-state index in [2.05, 4.69) is 50.3 Å². The molecule has 1 aliphatic rings. The number of rotatable bonds is 38. The Balaban J connectivity index is 2.33. The van der Waals surface area contributed by atoms with Gasteiger partial charge in [0.1, 0.15) is 19.8 Å². The van der Waals surface area contributed by atoms with E-state index in [1.807, 2.05) is 21.1 Å². The number of hydrogen-bond donors (Lipinski definition) is 0. The number of phosphoric ester groups is 1. The summed E-state index contributed by atoms with van der Waals surface area (Å²) in [5, 5.41) is 0. The zero-order chi connectivity index (χ0) is 40.5. The second-order valence-electron chi connectivity index (χ2n) is 16.1. The van der Waals surface area contributed by atoms with E-state index in [4.69, 9.17) is 23.3 Å². The first-order valence-corrected chi connectivity index (χ1v) is 23.3. The molecule has 320 valence electrons. The summed E-state index contributed by atoms with van der Waals surface area (Å²) < 4.78 is 39.6. The molecule has 0 radical (unpaired) electrons. The number of ether oxygens (including phenoxy) is 3. The van der Waals surface area contributed by atoms with Gasteiger partial charge in [-0.25, -0.2) is 0 Å². The van der Waals surface area contributed by atoms with Crippen molar-refractivity contribution in [1.29, 1.82) is 0 Å². The molecule has 0 bridgehead atoms. The second kappa shape index (κ2) is 33.2. The van der Waals surface area contributed by atoms with Gasteiger partial charge >= 0.3 is 11.9 Å². The molecular weight excluding hydrogens is 717 g/mol. The highest BCUT2D eigenvalue weighted by Crippen LogP contribution is 2.38. The van der Waals surface area contributed by atoms with Gasteiger partial charge in [0, 0.05) is 12.8 Å². The highest BCUT2D eigenvalue weighted by Gasteiger charge is 2.36. The molecule has 1 saturated heterocycles. The van der Waals surface area contributed by atoms with Crippen molar-refractivity contribution < 1.29 is 46.8 Å². The summed E-state index contributed by atoms with van der Waals surface area (Å²) in [7, 11) is 1.13. The molecule has 0 saturated carbocycles. The monoisotopic (exact) mass is 798 g/mol. The third-order valence-electron chi connectivity index (χ3n) is 9.57. The number of epoxide rings is 1. The number of carbonyl (C=O) groups is 2. The zero-order valence-electron chi connectivity index (χ0n) is 35.6. The number of nitrogens with zero attached hydrogens (tertiary/aromatic N) is 1. The van der Waals surface area contributed by atoms with Gasteiger partial charge < -0.3 is 32.6 Å². The summed E-state index contributed by atoms with van der Waals surface area (Å²) in [6.45, 7) is 4.11. The van der Waals surface area contributed by atoms with E-state index in [0.717, 1.165) is 51.4 Å². The van der Waals surface area contributed by atoms with E-state index in [-0.39, 0.29) is 38.3 Å². The van der Waals surface area contributed by atoms with Crippen molar-refractivity contribution in [3.8, 4) is 0 Å². The van der Waals surface area contributed by atoms with Gasteiger partial charge in [-0.2, -0.15) is 0 Å². The molecule has 0 aromatic rings. The van der Waals surface area contributed by atoms with E-state index < -0.39 is 32.5 Å². The van der Waals surface area contributed by atoms with Crippen LogP contribution in [-0.4, -0.2) is 82.2 Å². The Labute approximate surface area is 336 Å². The maximum absolute atomic E-state index is 12.7. The average Bonchev–Trinajstić information content (AvgIpc) is 3.89. The average molecular weight is 798 g/mol. The molecule has 0 aromatic heterocycles. The van der Waals surface area contributed by atoms with Crippen LogP contribution in [0, 0.1) is 0 Å². The number of phosphoric acid groups is 1. The van der Waals surface area contributed by atoms with Gasteiger partial charge in [-0.05, 0) is 51.4 Å². The normalized spacial score (nSPS) is 17.6. The molecule has 4 atom stereocenters. The molecule has 55 heavy (non-hydrogen) atoms. The molecule has 1 rings (SSSR count). The Bertz CT molecular complexity index is 1100. The van der Waals surface area contributed by atoms with Crippen molar-refractivity contribution in [1.82, 2.24) is 0 Å². The number of esters is 2. The van der Waals surface area contributed by atoms with Crippen LogP contribution in [0.2, 0.25) is 0 Å². The molecule has 1 heterocycles. The first-order chi connectivity index (χ1) is 26.5. The molecule has 11 heteroatoms. The van der Waals surface area contributed by atoms with E-state index in [1.54, 1.807) is 0 Å². The van der Waals surface area contributed by atoms with Crippen LogP contribution in [0.4, 0.5) is 0 Å². The van der Waals surface area contributed by atoms with Crippen LogP contribution in [0.15, 0.2) is 36.5 Å². The van der Waals surface area contributed by atoms with Crippen molar-refractivity contribution >= 4 is 19.8 Å². The summed E-state index contributed by atoms with van der Waals surface area (Å²) in [5.74, 6) is -0.906. The quantitative estimate of drug-likeness (QED) is 0.0150. The summed E-state index contributed by atoms with van der Waals surface area (Å²) in [6, 6.07) is 0. The summed E-state index contributed by atoms with van der Waals surface area (Å²) in [4.78, 5) is 37.5. The van der Waals surface area contributed by atoms with Crippen molar-refractivity contribution in [3.63, 3.8) is 0 Å². The van der Waals surface area contributed by atoms with Gasteiger partial charge in [0.15, 0.2) is 6.10 Å². The Kier molecular flexibility index (Phi) is 30.9. The smallest absolute Gasteiger partial charge is 0.306 e. The molecule has 10 nitrogen and oxygen atoms in total. The fourth-order valence-electron chi connectivity index (χ4n) is 5.98. The summed E-state index contributed by atoms with van der Waals surface area (Å²) in [5.41, 5.74) is 0. The molecular formula is C44H80NO9P. The Hall–Kier alpha value is -1.81. The minimum absolute atomic E-state index is 0.0415. The highest BCUT2D eigenvalue weighted by atomic mass is 31.2. The number of likely N-dealkylation sites (N-methyl/N-ethyl adjacent to an activating group) is 1. The van der Waals surface area contributed by atoms with Crippen LogP contribution in [0.3, 0.4) is 0 Å². The first-order valence-electron chi connectivity index (χ1n) is 21.8.